The van der Waals surface area contributed by atoms with Crippen LogP contribution in [0, 0.1) is 0 Å². The van der Waals surface area contributed by atoms with Crippen LogP contribution in [0.1, 0.15) is 27.7 Å². The second-order valence-electron chi connectivity index (χ2n) is 9.97. The van der Waals surface area contributed by atoms with Crippen LogP contribution < -0.4 is 15.7 Å². The van der Waals surface area contributed by atoms with Gasteiger partial charge in [0.05, 0.1) is 21.0 Å². The Balaban J connectivity index is 0.000000194. The molecule has 4 aromatic carbocycles. The highest BCUT2D eigenvalue weighted by Crippen LogP contribution is 2.37. The summed E-state index contributed by atoms with van der Waals surface area (Å²) in [5, 5.41) is 13.3. The van der Waals surface area contributed by atoms with Crippen molar-refractivity contribution in [3.63, 3.8) is 0 Å². The lowest BCUT2D eigenvalue weighted by molar-refractivity contribution is 0.00578. The highest BCUT2D eigenvalue weighted by atomic mass is 79.9. The first kappa shape index (κ1) is 28.7. The molecule has 5 rings (SSSR count). The minimum atomic E-state index is -3.80. The first-order valence-corrected chi connectivity index (χ1v) is 15.5. The predicted molar refractivity (Wildman–Crippen MR) is 154 cm³/mol. The fourth-order valence-corrected chi connectivity index (χ4v) is 6.16. The molecule has 1 aliphatic heterocycles. The summed E-state index contributed by atoms with van der Waals surface area (Å²) < 4.78 is 59.3. The minimum Gasteiger partial charge on any atom is -0.399 e. The zero-order valence-electron chi connectivity index (χ0n) is 21.3. The molecule has 0 aliphatic carbocycles. The smallest absolute Gasteiger partial charge is 0.399 e. The van der Waals surface area contributed by atoms with Crippen molar-refractivity contribution in [3.8, 4) is 0 Å². The van der Waals surface area contributed by atoms with E-state index in [0.29, 0.717) is 10.8 Å². The van der Waals surface area contributed by atoms with Crippen molar-refractivity contribution in [2.24, 2.45) is 10.3 Å². The highest BCUT2D eigenvalue weighted by molar-refractivity contribution is 9.10. The van der Waals surface area contributed by atoms with Crippen molar-refractivity contribution in [1.82, 2.24) is 0 Å². The number of hydrogen-bond acceptors (Lipinski definition) is 6. The van der Waals surface area contributed by atoms with Crippen LogP contribution in [0.15, 0.2) is 87.1 Å². The molecule has 0 spiro atoms. The maximum absolute atomic E-state index is 11.8. The van der Waals surface area contributed by atoms with Gasteiger partial charge in [0, 0.05) is 15.2 Å². The van der Waals surface area contributed by atoms with Gasteiger partial charge in [-0.25, -0.2) is 27.1 Å². The van der Waals surface area contributed by atoms with E-state index in [1.165, 1.54) is 12.1 Å². The molecular weight excluding hydrogens is 591 g/mol. The summed E-state index contributed by atoms with van der Waals surface area (Å²) in [7, 11) is -8.02. The summed E-state index contributed by atoms with van der Waals surface area (Å²) >= 11 is 3.36. The van der Waals surface area contributed by atoms with Gasteiger partial charge in [0.1, 0.15) is 0 Å². The number of nitrogens with two attached hydrogens (primary N) is 2. The van der Waals surface area contributed by atoms with E-state index in [4.69, 9.17) is 19.6 Å². The standard InChI is InChI=1S/C16H20BNO4S.C10H8BrNO2S/c1-15(2)16(3,4)22-17(21-15)13-9-10-14(23(18,19)20)12-8-6-5-7-11(12)13;11-9-5-6-10(15(12,13)14)8-4-2-1-3-7(8)9/h5-10H,1-4H3,(H2,18,19,20);1-6H,(H2,12,13,14). The first-order valence-electron chi connectivity index (χ1n) is 11.6. The van der Waals surface area contributed by atoms with Gasteiger partial charge in [-0.15, -0.1) is 0 Å². The average Bonchev–Trinajstić information content (AvgIpc) is 3.04. The molecule has 0 unspecified atom stereocenters. The minimum absolute atomic E-state index is 0.105. The Hall–Kier alpha value is -2.32. The molecule has 4 N–H and O–H groups in total. The van der Waals surface area contributed by atoms with Crippen LogP contribution in [0.3, 0.4) is 0 Å². The van der Waals surface area contributed by atoms with E-state index in [2.05, 4.69) is 15.9 Å². The number of rotatable bonds is 3. The quantitative estimate of drug-likeness (QED) is 0.332. The zero-order valence-corrected chi connectivity index (χ0v) is 24.5. The molecule has 0 bridgehead atoms. The van der Waals surface area contributed by atoms with Gasteiger partial charge in [-0.3, -0.25) is 0 Å². The van der Waals surface area contributed by atoms with E-state index in [9.17, 15) is 16.8 Å². The third-order valence-electron chi connectivity index (χ3n) is 6.87. The molecule has 200 valence electrons. The Labute approximate surface area is 231 Å². The number of sulfonamides is 2. The van der Waals surface area contributed by atoms with E-state index < -0.39 is 38.4 Å². The Bertz CT molecular complexity index is 1740. The molecule has 0 radical (unpaired) electrons. The molecule has 8 nitrogen and oxygen atoms in total. The lowest BCUT2D eigenvalue weighted by atomic mass is 9.76. The monoisotopic (exact) mass is 618 g/mol. The van der Waals surface area contributed by atoms with E-state index in [1.54, 1.807) is 36.4 Å². The summed E-state index contributed by atoms with van der Waals surface area (Å²) in [6.45, 7) is 7.92. The maximum Gasteiger partial charge on any atom is 0.495 e. The Kier molecular flexibility index (Phi) is 7.56. The fourth-order valence-electron chi connectivity index (χ4n) is 4.20. The Morgan fingerprint density at radius 2 is 1.03 bits per heavy atom. The third-order valence-corrected chi connectivity index (χ3v) is 9.50. The van der Waals surface area contributed by atoms with Crippen molar-refractivity contribution in [1.29, 1.82) is 0 Å². The van der Waals surface area contributed by atoms with Gasteiger partial charge >= 0.3 is 7.12 Å². The van der Waals surface area contributed by atoms with E-state index in [1.807, 2.05) is 52.0 Å². The molecule has 1 aliphatic rings. The number of hydrogen-bond donors (Lipinski definition) is 2. The number of benzene rings is 4. The molecule has 0 atom stereocenters. The molecule has 0 saturated carbocycles. The maximum atomic E-state index is 11.8. The number of primary sulfonamides is 2. The van der Waals surface area contributed by atoms with Crippen molar-refractivity contribution >= 4 is 70.1 Å². The lowest BCUT2D eigenvalue weighted by Crippen LogP contribution is -2.41. The first-order chi connectivity index (χ1) is 17.5. The molecule has 12 heteroatoms. The Morgan fingerprint density at radius 3 is 1.50 bits per heavy atom. The summed E-state index contributed by atoms with van der Waals surface area (Å²) in [5.74, 6) is 0. The molecule has 1 heterocycles. The molecule has 0 aromatic heterocycles. The lowest BCUT2D eigenvalue weighted by Gasteiger charge is -2.32. The van der Waals surface area contributed by atoms with Crippen LogP contribution in [-0.4, -0.2) is 35.2 Å². The van der Waals surface area contributed by atoms with Crippen LogP contribution in [0.5, 0.6) is 0 Å². The van der Waals surface area contributed by atoms with Crippen LogP contribution >= 0.6 is 15.9 Å². The fraction of sp³-hybridized carbons (Fsp3) is 0.231. The molecule has 4 aromatic rings. The topological polar surface area (TPSA) is 139 Å². The molecule has 38 heavy (non-hydrogen) atoms. The summed E-state index contributed by atoms with van der Waals surface area (Å²) in [6, 6.07) is 20.8. The van der Waals surface area contributed by atoms with Crippen LogP contribution in [0.2, 0.25) is 0 Å². The highest BCUT2D eigenvalue weighted by Gasteiger charge is 2.52. The van der Waals surface area contributed by atoms with Crippen LogP contribution in [0.25, 0.3) is 21.5 Å². The predicted octanol–water partition coefficient (Wildman–Crippen LogP) is 4.04. The van der Waals surface area contributed by atoms with Crippen LogP contribution in [0.4, 0.5) is 0 Å². The van der Waals surface area contributed by atoms with Crippen molar-refractivity contribution < 1.29 is 26.1 Å². The normalized spacial score (nSPS) is 16.9. The zero-order chi connectivity index (χ0) is 28.1. The van der Waals surface area contributed by atoms with Gasteiger partial charge < -0.3 is 9.31 Å². The summed E-state index contributed by atoms with van der Waals surface area (Å²) in [6.07, 6.45) is 0. The Morgan fingerprint density at radius 1 is 0.632 bits per heavy atom. The second kappa shape index (κ2) is 10.0. The van der Waals surface area contributed by atoms with Gasteiger partial charge in [-0.1, -0.05) is 70.5 Å². The van der Waals surface area contributed by atoms with Crippen molar-refractivity contribution in [3.05, 3.63) is 77.3 Å². The summed E-state index contributed by atoms with van der Waals surface area (Å²) in [4.78, 5) is 0.259. The van der Waals surface area contributed by atoms with Gasteiger partial charge in [0.25, 0.3) is 0 Å². The number of fused-ring (bicyclic) bond motifs is 2. The average molecular weight is 619 g/mol. The molecule has 0 amide bonds. The molecule has 1 saturated heterocycles. The number of halogens is 1. The molecular formula is C26H28BBrN2O6S2. The SMILES string of the molecule is CC1(C)OB(c2ccc(S(N)(=O)=O)c3ccccc23)OC1(C)C.NS(=O)(=O)c1ccc(Br)c2ccccc12. The third kappa shape index (κ3) is 5.53. The second-order valence-corrected chi connectivity index (χ2v) is 13.9. The van der Waals surface area contributed by atoms with Crippen molar-refractivity contribution in [2.75, 3.05) is 0 Å². The summed E-state index contributed by atoms with van der Waals surface area (Å²) in [5.41, 5.74) is -0.124. The molecule has 1 fully saturated rings. The van der Waals surface area contributed by atoms with Crippen LogP contribution in [-0.2, 0) is 29.4 Å². The van der Waals surface area contributed by atoms with Crippen molar-refractivity contribution in [2.45, 2.75) is 48.7 Å². The van der Waals surface area contributed by atoms with E-state index in [-0.39, 0.29) is 9.79 Å². The van der Waals surface area contributed by atoms with Gasteiger partial charge in [-0.05, 0) is 62.1 Å². The van der Waals surface area contributed by atoms with Gasteiger partial charge in [-0.2, -0.15) is 0 Å². The van der Waals surface area contributed by atoms with E-state index >= 15 is 0 Å². The van der Waals surface area contributed by atoms with Gasteiger partial charge in [0.15, 0.2) is 0 Å². The largest absolute Gasteiger partial charge is 0.495 e. The van der Waals surface area contributed by atoms with Gasteiger partial charge in [0.2, 0.25) is 20.0 Å². The van der Waals surface area contributed by atoms with E-state index in [0.717, 1.165) is 20.7 Å².